The van der Waals surface area contributed by atoms with Crippen LogP contribution in [0.25, 0.3) is 0 Å². The fourth-order valence-electron chi connectivity index (χ4n) is 1.03. The van der Waals surface area contributed by atoms with Gasteiger partial charge in [-0.2, -0.15) is 0 Å². The largest absolute Gasteiger partial charge is 0.452 e. The van der Waals surface area contributed by atoms with Gasteiger partial charge in [0.05, 0.1) is 5.56 Å². The molecule has 96 valence electrons. The minimum absolute atomic E-state index is 0.115. The zero-order valence-electron chi connectivity index (χ0n) is 9.53. The minimum Gasteiger partial charge on any atom is -0.452 e. The standard InChI is InChI=1S/C11H11FN2O4/c1-13-11(17)14-9(15)6-18-10(16)7-2-4-8(12)5-3-7/h2-5H,6H2,1H3,(H2,13,14,15,17). The average molecular weight is 254 g/mol. The number of urea groups is 1. The van der Waals surface area contributed by atoms with Crippen LogP contribution in [0, 0.1) is 5.82 Å². The Bertz CT molecular complexity index is 459. The van der Waals surface area contributed by atoms with E-state index in [1.165, 1.54) is 19.2 Å². The predicted octanol–water partition coefficient (Wildman–Crippen LogP) is 0.438. The number of carbonyl (C=O) groups is 3. The number of ether oxygens (including phenoxy) is 1. The molecular weight excluding hydrogens is 243 g/mol. The van der Waals surface area contributed by atoms with Crippen LogP contribution in [0.15, 0.2) is 24.3 Å². The number of amides is 3. The summed E-state index contributed by atoms with van der Waals surface area (Å²) < 4.78 is 17.2. The lowest BCUT2D eigenvalue weighted by Gasteiger charge is -2.05. The molecule has 0 fully saturated rings. The van der Waals surface area contributed by atoms with Gasteiger partial charge in [-0.05, 0) is 24.3 Å². The molecule has 0 saturated heterocycles. The van der Waals surface area contributed by atoms with Crippen molar-refractivity contribution >= 4 is 17.9 Å². The Hall–Kier alpha value is -2.44. The molecule has 1 aromatic rings. The molecule has 0 atom stereocenters. The van der Waals surface area contributed by atoms with E-state index in [-0.39, 0.29) is 5.56 Å². The van der Waals surface area contributed by atoms with E-state index in [1.807, 2.05) is 5.32 Å². The normalized spacial score (nSPS) is 9.44. The number of esters is 1. The number of hydrogen-bond acceptors (Lipinski definition) is 4. The Labute approximate surface area is 102 Å². The van der Waals surface area contributed by atoms with Crippen molar-refractivity contribution in [2.75, 3.05) is 13.7 Å². The molecule has 7 heteroatoms. The maximum Gasteiger partial charge on any atom is 0.338 e. The number of hydrogen-bond donors (Lipinski definition) is 2. The Balaban J connectivity index is 2.44. The van der Waals surface area contributed by atoms with Crippen molar-refractivity contribution in [3.63, 3.8) is 0 Å². The third kappa shape index (κ3) is 4.20. The van der Waals surface area contributed by atoms with Gasteiger partial charge in [0.2, 0.25) is 0 Å². The van der Waals surface area contributed by atoms with Gasteiger partial charge in [-0.15, -0.1) is 0 Å². The first-order valence-corrected chi connectivity index (χ1v) is 4.97. The van der Waals surface area contributed by atoms with E-state index < -0.39 is 30.3 Å². The maximum absolute atomic E-state index is 12.6. The van der Waals surface area contributed by atoms with Crippen molar-refractivity contribution in [1.29, 1.82) is 0 Å². The molecule has 0 aromatic heterocycles. The summed E-state index contributed by atoms with van der Waals surface area (Å²) in [7, 11) is 1.34. The van der Waals surface area contributed by atoms with Gasteiger partial charge in [0, 0.05) is 7.05 Å². The molecule has 1 aromatic carbocycles. The third-order valence-corrected chi connectivity index (χ3v) is 1.89. The Morgan fingerprint density at radius 2 is 1.83 bits per heavy atom. The summed E-state index contributed by atoms with van der Waals surface area (Å²) in [5.74, 6) is -2.02. The minimum atomic E-state index is -0.776. The molecule has 6 nitrogen and oxygen atoms in total. The van der Waals surface area contributed by atoms with Gasteiger partial charge in [0.25, 0.3) is 5.91 Å². The molecule has 0 aliphatic carbocycles. The van der Waals surface area contributed by atoms with E-state index in [0.717, 1.165) is 12.1 Å². The Morgan fingerprint density at radius 1 is 1.22 bits per heavy atom. The highest BCUT2D eigenvalue weighted by atomic mass is 19.1. The first kappa shape index (κ1) is 13.6. The lowest BCUT2D eigenvalue weighted by Crippen LogP contribution is -2.39. The molecule has 0 saturated carbocycles. The first-order chi connectivity index (χ1) is 8.52. The second-order valence-corrected chi connectivity index (χ2v) is 3.21. The van der Waals surface area contributed by atoms with Crippen LogP contribution >= 0.6 is 0 Å². The lowest BCUT2D eigenvalue weighted by molar-refractivity contribution is -0.123. The van der Waals surface area contributed by atoms with Crippen molar-refractivity contribution < 1.29 is 23.5 Å². The second-order valence-electron chi connectivity index (χ2n) is 3.21. The van der Waals surface area contributed by atoms with Gasteiger partial charge >= 0.3 is 12.0 Å². The number of rotatable bonds is 3. The molecule has 18 heavy (non-hydrogen) atoms. The van der Waals surface area contributed by atoms with E-state index in [9.17, 15) is 18.8 Å². The van der Waals surface area contributed by atoms with Crippen molar-refractivity contribution in [2.45, 2.75) is 0 Å². The van der Waals surface area contributed by atoms with Gasteiger partial charge in [-0.3, -0.25) is 10.1 Å². The zero-order chi connectivity index (χ0) is 13.5. The predicted molar refractivity (Wildman–Crippen MR) is 59.3 cm³/mol. The van der Waals surface area contributed by atoms with Crippen LogP contribution in [0.1, 0.15) is 10.4 Å². The van der Waals surface area contributed by atoms with Gasteiger partial charge in [-0.25, -0.2) is 14.0 Å². The SMILES string of the molecule is CNC(=O)NC(=O)COC(=O)c1ccc(F)cc1. The second kappa shape index (κ2) is 6.33. The summed E-state index contributed by atoms with van der Waals surface area (Å²) in [6.07, 6.45) is 0. The quantitative estimate of drug-likeness (QED) is 0.766. The van der Waals surface area contributed by atoms with Crippen molar-refractivity contribution in [3.8, 4) is 0 Å². The molecule has 0 aliphatic rings. The molecular formula is C11H11FN2O4. The summed E-state index contributed by atoms with van der Waals surface area (Å²) in [4.78, 5) is 33.2. The molecule has 0 spiro atoms. The zero-order valence-corrected chi connectivity index (χ0v) is 9.53. The molecule has 0 radical (unpaired) electrons. The number of imide groups is 1. The summed E-state index contributed by atoms with van der Waals surface area (Å²) in [5, 5.41) is 4.09. The molecule has 1 rings (SSSR count). The third-order valence-electron chi connectivity index (χ3n) is 1.89. The number of nitrogens with one attached hydrogen (secondary N) is 2. The summed E-state index contributed by atoms with van der Waals surface area (Å²) >= 11 is 0. The molecule has 3 amide bonds. The van der Waals surface area contributed by atoms with Crippen molar-refractivity contribution in [3.05, 3.63) is 35.6 Å². The monoisotopic (exact) mass is 254 g/mol. The molecule has 0 unspecified atom stereocenters. The summed E-state index contributed by atoms with van der Waals surface area (Å²) in [6.45, 7) is -0.594. The van der Waals surface area contributed by atoms with Crippen LogP contribution < -0.4 is 10.6 Å². The fourth-order valence-corrected chi connectivity index (χ4v) is 1.03. The van der Waals surface area contributed by atoms with Crippen LogP contribution in [0.4, 0.5) is 9.18 Å². The van der Waals surface area contributed by atoms with Crippen LogP contribution in [-0.2, 0) is 9.53 Å². The summed E-state index contributed by atoms with van der Waals surface area (Å²) in [5.41, 5.74) is 0.115. The first-order valence-electron chi connectivity index (χ1n) is 4.97. The van der Waals surface area contributed by atoms with E-state index in [2.05, 4.69) is 10.1 Å². The van der Waals surface area contributed by atoms with Crippen LogP contribution in [0.3, 0.4) is 0 Å². The number of carbonyl (C=O) groups excluding carboxylic acids is 3. The highest BCUT2D eigenvalue weighted by Crippen LogP contribution is 2.04. The highest BCUT2D eigenvalue weighted by Gasteiger charge is 2.11. The van der Waals surface area contributed by atoms with E-state index in [1.54, 1.807) is 0 Å². The summed E-state index contributed by atoms with van der Waals surface area (Å²) in [6, 6.07) is 3.96. The molecule has 0 bridgehead atoms. The number of halogens is 1. The Morgan fingerprint density at radius 3 is 2.39 bits per heavy atom. The lowest BCUT2D eigenvalue weighted by atomic mass is 10.2. The molecule has 2 N–H and O–H groups in total. The van der Waals surface area contributed by atoms with Crippen molar-refractivity contribution in [2.24, 2.45) is 0 Å². The van der Waals surface area contributed by atoms with Gasteiger partial charge in [0.15, 0.2) is 6.61 Å². The van der Waals surface area contributed by atoms with Gasteiger partial charge in [0.1, 0.15) is 5.82 Å². The topological polar surface area (TPSA) is 84.5 Å². The van der Waals surface area contributed by atoms with Crippen LogP contribution in [0.5, 0.6) is 0 Å². The van der Waals surface area contributed by atoms with Crippen LogP contribution in [0.2, 0.25) is 0 Å². The highest BCUT2D eigenvalue weighted by molar-refractivity contribution is 5.96. The smallest absolute Gasteiger partial charge is 0.338 e. The van der Waals surface area contributed by atoms with E-state index in [0.29, 0.717) is 0 Å². The van der Waals surface area contributed by atoms with Crippen molar-refractivity contribution in [1.82, 2.24) is 10.6 Å². The van der Waals surface area contributed by atoms with E-state index >= 15 is 0 Å². The van der Waals surface area contributed by atoms with Gasteiger partial charge < -0.3 is 10.1 Å². The average Bonchev–Trinajstić information content (AvgIpc) is 2.36. The molecule has 0 aliphatic heterocycles. The maximum atomic E-state index is 12.6. The Kier molecular flexibility index (Phi) is 4.79. The van der Waals surface area contributed by atoms with Gasteiger partial charge in [-0.1, -0.05) is 0 Å². The van der Waals surface area contributed by atoms with Crippen LogP contribution in [-0.4, -0.2) is 31.6 Å². The fraction of sp³-hybridized carbons (Fsp3) is 0.182. The van der Waals surface area contributed by atoms with E-state index in [4.69, 9.17) is 0 Å². The molecule has 0 heterocycles. The number of benzene rings is 1.